The maximum atomic E-state index is 10.2. The number of rotatable bonds is 4. The molecule has 2 aliphatic carbocycles. The first kappa shape index (κ1) is 14.8. The highest BCUT2D eigenvalue weighted by Gasteiger charge is 2.13. The van der Waals surface area contributed by atoms with Crippen LogP contribution in [0.2, 0.25) is 0 Å². The molecule has 1 aromatic rings. The van der Waals surface area contributed by atoms with Crippen molar-refractivity contribution in [3.63, 3.8) is 0 Å². The SMILES string of the molecule is Oc1cc(NC2=CCCCC2)c(O)cc1NC1=CCCCC1. The summed E-state index contributed by atoms with van der Waals surface area (Å²) in [6.45, 7) is 0. The van der Waals surface area contributed by atoms with E-state index in [4.69, 9.17) is 0 Å². The summed E-state index contributed by atoms with van der Waals surface area (Å²) in [5.74, 6) is 0.311. The Morgan fingerprint density at radius 2 is 1.14 bits per heavy atom. The van der Waals surface area contributed by atoms with Crippen LogP contribution in [0.25, 0.3) is 0 Å². The summed E-state index contributed by atoms with van der Waals surface area (Å²) in [4.78, 5) is 0. The summed E-state index contributed by atoms with van der Waals surface area (Å²) in [5, 5.41) is 26.9. The molecular formula is C18H24N2O2. The number of phenols is 2. The molecule has 118 valence electrons. The third kappa shape index (κ3) is 3.56. The van der Waals surface area contributed by atoms with Gasteiger partial charge < -0.3 is 20.8 Å². The molecule has 0 atom stereocenters. The fourth-order valence-electron chi connectivity index (χ4n) is 3.03. The lowest BCUT2D eigenvalue weighted by Gasteiger charge is -2.19. The second-order valence-electron chi connectivity index (χ2n) is 6.09. The molecule has 0 saturated heterocycles. The summed E-state index contributed by atoms with van der Waals surface area (Å²) in [6.07, 6.45) is 13.2. The molecule has 0 amide bonds. The molecule has 0 fully saturated rings. The smallest absolute Gasteiger partial charge is 0.141 e. The van der Waals surface area contributed by atoms with Crippen molar-refractivity contribution in [2.24, 2.45) is 0 Å². The zero-order chi connectivity index (χ0) is 15.4. The van der Waals surface area contributed by atoms with Gasteiger partial charge in [0.25, 0.3) is 0 Å². The fourth-order valence-corrected chi connectivity index (χ4v) is 3.03. The van der Waals surface area contributed by atoms with Gasteiger partial charge in [0.15, 0.2) is 0 Å². The van der Waals surface area contributed by atoms with Gasteiger partial charge in [0, 0.05) is 23.5 Å². The molecule has 22 heavy (non-hydrogen) atoms. The number of anilines is 2. The van der Waals surface area contributed by atoms with E-state index in [2.05, 4.69) is 22.8 Å². The van der Waals surface area contributed by atoms with Crippen molar-refractivity contribution in [3.05, 3.63) is 35.7 Å². The van der Waals surface area contributed by atoms with Crippen molar-refractivity contribution >= 4 is 11.4 Å². The lowest BCUT2D eigenvalue weighted by atomic mass is 10.0. The van der Waals surface area contributed by atoms with Crippen LogP contribution in [0.15, 0.2) is 35.7 Å². The van der Waals surface area contributed by atoms with Crippen LogP contribution < -0.4 is 10.6 Å². The lowest BCUT2D eigenvalue weighted by molar-refractivity contribution is 0.464. The van der Waals surface area contributed by atoms with Gasteiger partial charge in [-0.2, -0.15) is 0 Å². The predicted octanol–water partition coefficient (Wildman–Crippen LogP) is 4.84. The summed E-state index contributed by atoms with van der Waals surface area (Å²) < 4.78 is 0. The molecule has 2 aliphatic rings. The van der Waals surface area contributed by atoms with Crippen LogP contribution >= 0.6 is 0 Å². The number of hydrogen-bond acceptors (Lipinski definition) is 4. The van der Waals surface area contributed by atoms with Crippen LogP contribution in [0, 0.1) is 0 Å². The first-order valence-corrected chi connectivity index (χ1v) is 8.20. The summed E-state index contributed by atoms with van der Waals surface area (Å²) in [5.41, 5.74) is 3.37. The van der Waals surface area contributed by atoms with Gasteiger partial charge in [-0.25, -0.2) is 0 Å². The average Bonchev–Trinajstić information content (AvgIpc) is 2.54. The molecule has 1 aromatic carbocycles. The van der Waals surface area contributed by atoms with E-state index in [-0.39, 0.29) is 11.5 Å². The van der Waals surface area contributed by atoms with Crippen LogP contribution in [-0.4, -0.2) is 10.2 Å². The molecule has 0 aliphatic heterocycles. The van der Waals surface area contributed by atoms with Gasteiger partial charge in [-0.05, 0) is 51.4 Å². The Bertz CT molecular complexity index is 552. The molecule has 0 aromatic heterocycles. The third-order valence-corrected chi connectivity index (χ3v) is 4.29. The van der Waals surface area contributed by atoms with Crippen LogP contribution in [0.3, 0.4) is 0 Å². The lowest BCUT2D eigenvalue weighted by Crippen LogP contribution is -2.05. The van der Waals surface area contributed by atoms with E-state index in [0.717, 1.165) is 37.1 Å². The number of allylic oxidation sites excluding steroid dienone is 4. The van der Waals surface area contributed by atoms with Gasteiger partial charge in [-0.3, -0.25) is 0 Å². The largest absolute Gasteiger partial charge is 0.506 e. The predicted molar refractivity (Wildman–Crippen MR) is 90.1 cm³/mol. The first-order chi connectivity index (χ1) is 10.7. The normalized spacial score (nSPS) is 18.4. The zero-order valence-electron chi connectivity index (χ0n) is 12.9. The Morgan fingerprint density at radius 1 is 0.682 bits per heavy atom. The summed E-state index contributed by atoms with van der Waals surface area (Å²) >= 11 is 0. The van der Waals surface area contributed by atoms with Gasteiger partial charge in [0.05, 0.1) is 11.4 Å². The van der Waals surface area contributed by atoms with Gasteiger partial charge in [-0.1, -0.05) is 12.2 Å². The molecule has 4 nitrogen and oxygen atoms in total. The van der Waals surface area contributed by atoms with E-state index in [1.807, 2.05) is 0 Å². The molecule has 0 saturated carbocycles. The highest BCUT2D eigenvalue weighted by atomic mass is 16.3. The number of nitrogens with one attached hydrogen (secondary N) is 2. The monoisotopic (exact) mass is 300 g/mol. The van der Waals surface area contributed by atoms with Gasteiger partial charge in [0.1, 0.15) is 11.5 Å². The van der Waals surface area contributed by atoms with E-state index < -0.39 is 0 Å². The van der Waals surface area contributed by atoms with E-state index in [1.54, 1.807) is 12.1 Å². The molecule has 0 heterocycles. The quantitative estimate of drug-likeness (QED) is 0.475. The van der Waals surface area contributed by atoms with Crippen LogP contribution in [0.5, 0.6) is 11.5 Å². The minimum absolute atomic E-state index is 0.156. The number of benzene rings is 1. The Morgan fingerprint density at radius 3 is 1.50 bits per heavy atom. The Hall–Kier alpha value is -2.10. The first-order valence-electron chi connectivity index (χ1n) is 8.20. The van der Waals surface area contributed by atoms with E-state index in [0.29, 0.717) is 11.4 Å². The number of aromatic hydroxyl groups is 2. The zero-order valence-corrected chi connectivity index (χ0v) is 12.9. The van der Waals surface area contributed by atoms with Crippen LogP contribution in [0.4, 0.5) is 11.4 Å². The molecule has 4 N–H and O–H groups in total. The summed E-state index contributed by atoms with van der Waals surface area (Å²) in [7, 11) is 0. The van der Waals surface area contributed by atoms with Crippen LogP contribution in [-0.2, 0) is 0 Å². The van der Waals surface area contributed by atoms with Crippen molar-refractivity contribution in [2.45, 2.75) is 51.4 Å². The van der Waals surface area contributed by atoms with E-state index >= 15 is 0 Å². The van der Waals surface area contributed by atoms with Crippen molar-refractivity contribution in [1.29, 1.82) is 0 Å². The maximum absolute atomic E-state index is 10.2. The highest BCUT2D eigenvalue weighted by molar-refractivity contribution is 5.72. The second-order valence-corrected chi connectivity index (χ2v) is 6.09. The average molecular weight is 300 g/mol. The van der Waals surface area contributed by atoms with Gasteiger partial charge >= 0.3 is 0 Å². The van der Waals surface area contributed by atoms with Gasteiger partial charge in [0.2, 0.25) is 0 Å². The molecule has 3 rings (SSSR count). The fraction of sp³-hybridized carbons (Fsp3) is 0.444. The molecule has 4 heteroatoms. The maximum Gasteiger partial charge on any atom is 0.141 e. The molecular weight excluding hydrogens is 276 g/mol. The minimum atomic E-state index is 0.156. The van der Waals surface area contributed by atoms with Crippen molar-refractivity contribution < 1.29 is 10.2 Å². The van der Waals surface area contributed by atoms with Crippen molar-refractivity contribution in [2.75, 3.05) is 10.6 Å². The molecule has 0 spiro atoms. The standard InChI is InChI=1S/C18H24N2O2/c21-17-12-16(20-14-9-5-2-6-10-14)18(22)11-15(17)19-13-7-3-1-4-8-13/h7,9,11-12,19-22H,1-6,8,10H2. The van der Waals surface area contributed by atoms with Crippen LogP contribution in [0.1, 0.15) is 51.4 Å². The molecule has 0 unspecified atom stereocenters. The Balaban J connectivity index is 1.75. The van der Waals surface area contributed by atoms with Crippen molar-refractivity contribution in [1.82, 2.24) is 0 Å². The molecule has 0 bridgehead atoms. The number of phenolic OH excluding ortho intramolecular Hbond substituents is 2. The Kier molecular flexibility index (Phi) is 4.56. The molecule has 0 radical (unpaired) electrons. The minimum Gasteiger partial charge on any atom is -0.506 e. The topological polar surface area (TPSA) is 64.5 Å². The summed E-state index contributed by atoms with van der Waals surface area (Å²) in [6, 6.07) is 3.19. The van der Waals surface area contributed by atoms with E-state index in [1.165, 1.54) is 25.7 Å². The number of hydrogen-bond donors (Lipinski definition) is 4. The third-order valence-electron chi connectivity index (χ3n) is 4.29. The van der Waals surface area contributed by atoms with Crippen molar-refractivity contribution in [3.8, 4) is 11.5 Å². The second kappa shape index (κ2) is 6.77. The van der Waals surface area contributed by atoms with Gasteiger partial charge in [-0.15, -0.1) is 0 Å². The van der Waals surface area contributed by atoms with E-state index in [9.17, 15) is 10.2 Å². The Labute approximate surface area is 131 Å². The highest BCUT2D eigenvalue weighted by Crippen LogP contribution is 2.37.